The molecular weight excluding hydrogens is 232 g/mol. The lowest BCUT2D eigenvalue weighted by Gasteiger charge is -2.23. The molecule has 0 aliphatic rings. The minimum absolute atomic E-state index is 0.000235. The molecule has 18 heavy (non-hydrogen) atoms. The first-order valence-electron chi connectivity index (χ1n) is 6.20. The molecule has 1 aromatic heterocycles. The number of hydrogen-bond acceptors (Lipinski definition) is 5. The minimum atomic E-state index is -0.000235. The summed E-state index contributed by atoms with van der Waals surface area (Å²) in [7, 11) is 1.65. The Morgan fingerprint density at radius 3 is 2.61 bits per heavy atom. The monoisotopic (exact) mass is 254 g/mol. The van der Waals surface area contributed by atoms with Crippen molar-refractivity contribution in [3.8, 4) is 0 Å². The van der Waals surface area contributed by atoms with Crippen LogP contribution in [0, 0.1) is 0 Å². The van der Waals surface area contributed by atoms with Gasteiger partial charge in [0.05, 0.1) is 19.8 Å². The Morgan fingerprint density at radius 1 is 1.28 bits per heavy atom. The smallest absolute Gasteiger partial charge is 0.129 e. The summed E-state index contributed by atoms with van der Waals surface area (Å²) in [5.74, 6) is 0.782. The highest BCUT2D eigenvalue weighted by Crippen LogP contribution is 2.15. The number of rotatable bonds is 8. The average Bonchev–Trinajstić information content (AvgIpc) is 2.42. The number of methoxy groups -OCH3 is 1. The lowest BCUT2D eigenvalue weighted by atomic mass is 10.2. The number of hydrogen-bond donors (Lipinski definition) is 2. The largest absolute Gasteiger partial charge is 0.395 e. The summed E-state index contributed by atoms with van der Waals surface area (Å²) in [5.41, 5.74) is 1.79. The summed E-state index contributed by atoms with van der Waals surface area (Å²) in [5, 5.41) is 18.3. The Balaban J connectivity index is 2.93. The van der Waals surface area contributed by atoms with Crippen molar-refractivity contribution in [3.63, 3.8) is 0 Å². The number of anilines is 1. The van der Waals surface area contributed by atoms with E-state index in [9.17, 15) is 5.11 Å². The Kier molecular flexibility index (Phi) is 6.64. The maximum Gasteiger partial charge on any atom is 0.129 e. The van der Waals surface area contributed by atoms with E-state index in [0.717, 1.165) is 23.5 Å². The molecule has 0 amide bonds. The van der Waals surface area contributed by atoms with Gasteiger partial charge in [-0.15, -0.1) is 0 Å². The SMILES string of the molecule is CCc1cc(CO)cc(N(CCO)CCOC)n1. The molecule has 1 aromatic rings. The van der Waals surface area contributed by atoms with Crippen molar-refractivity contribution in [2.45, 2.75) is 20.0 Å². The van der Waals surface area contributed by atoms with E-state index >= 15 is 0 Å². The van der Waals surface area contributed by atoms with Gasteiger partial charge in [-0.3, -0.25) is 0 Å². The fourth-order valence-electron chi connectivity index (χ4n) is 1.73. The average molecular weight is 254 g/mol. The predicted molar refractivity (Wildman–Crippen MR) is 70.7 cm³/mol. The molecule has 5 heteroatoms. The summed E-state index contributed by atoms with van der Waals surface area (Å²) in [6.45, 7) is 3.84. The number of aryl methyl sites for hydroxylation is 1. The van der Waals surface area contributed by atoms with E-state index < -0.39 is 0 Å². The van der Waals surface area contributed by atoms with E-state index in [4.69, 9.17) is 9.84 Å². The van der Waals surface area contributed by atoms with Crippen LogP contribution in [0.4, 0.5) is 5.82 Å². The van der Waals surface area contributed by atoms with Crippen LogP contribution in [0.5, 0.6) is 0 Å². The van der Waals surface area contributed by atoms with Gasteiger partial charge in [0.25, 0.3) is 0 Å². The molecule has 0 radical (unpaired) electrons. The van der Waals surface area contributed by atoms with E-state index in [1.807, 2.05) is 24.0 Å². The van der Waals surface area contributed by atoms with Crippen LogP contribution in [-0.4, -0.2) is 48.6 Å². The standard InChI is InChI=1S/C13H22N2O3/c1-3-12-8-11(10-17)9-13(14-12)15(4-6-16)5-7-18-2/h8-9,16-17H,3-7,10H2,1-2H3. The second-order valence-corrected chi connectivity index (χ2v) is 4.04. The minimum Gasteiger partial charge on any atom is -0.395 e. The van der Waals surface area contributed by atoms with Gasteiger partial charge < -0.3 is 19.8 Å². The van der Waals surface area contributed by atoms with Crippen LogP contribution in [0.2, 0.25) is 0 Å². The van der Waals surface area contributed by atoms with Crippen molar-refractivity contribution in [2.75, 3.05) is 38.3 Å². The third-order valence-electron chi connectivity index (χ3n) is 2.73. The number of ether oxygens (including phenoxy) is 1. The lowest BCUT2D eigenvalue weighted by molar-refractivity contribution is 0.202. The summed E-state index contributed by atoms with van der Waals surface area (Å²) in [6.07, 6.45) is 0.818. The van der Waals surface area contributed by atoms with Gasteiger partial charge in [0.2, 0.25) is 0 Å². The molecule has 102 valence electrons. The zero-order chi connectivity index (χ0) is 13.4. The van der Waals surface area contributed by atoms with Crippen molar-refractivity contribution >= 4 is 5.82 Å². The zero-order valence-corrected chi connectivity index (χ0v) is 11.1. The molecule has 1 rings (SSSR count). The summed E-state index contributed by atoms with van der Waals surface area (Å²) in [4.78, 5) is 6.48. The van der Waals surface area contributed by atoms with Gasteiger partial charge in [0, 0.05) is 25.9 Å². The highest BCUT2D eigenvalue weighted by Gasteiger charge is 2.09. The number of aliphatic hydroxyl groups is 2. The maximum atomic E-state index is 9.25. The lowest BCUT2D eigenvalue weighted by Crippen LogP contribution is -2.31. The molecule has 2 N–H and O–H groups in total. The van der Waals surface area contributed by atoms with Crippen LogP contribution < -0.4 is 4.90 Å². The molecule has 0 saturated carbocycles. The van der Waals surface area contributed by atoms with Crippen LogP contribution in [0.15, 0.2) is 12.1 Å². The fraction of sp³-hybridized carbons (Fsp3) is 0.615. The van der Waals surface area contributed by atoms with E-state index in [0.29, 0.717) is 19.7 Å². The third kappa shape index (κ3) is 4.25. The number of nitrogens with zero attached hydrogens (tertiary/aromatic N) is 2. The van der Waals surface area contributed by atoms with E-state index in [1.165, 1.54) is 0 Å². The van der Waals surface area contributed by atoms with E-state index in [1.54, 1.807) is 7.11 Å². The quantitative estimate of drug-likeness (QED) is 0.710. The first kappa shape index (κ1) is 14.9. The molecule has 0 atom stereocenters. The molecule has 1 heterocycles. The first-order chi connectivity index (χ1) is 8.74. The van der Waals surface area contributed by atoms with Crippen molar-refractivity contribution in [2.24, 2.45) is 0 Å². The van der Waals surface area contributed by atoms with Gasteiger partial charge in [-0.05, 0) is 24.1 Å². The van der Waals surface area contributed by atoms with E-state index in [2.05, 4.69) is 4.98 Å². The topological polar surface area (TPSA) is 65.8 Å². The molecule has 5 nitrogen and oxygen atoms in total. The molecule has 0 unspecified atom stereocenters. The molecule has 0 bridgehead atoms. The van der Waals surface area contributed by atoms with Crippen molar-refractivity contribution in [1.29, 1.82) is 0 Å². The van der Waals surface area contributed by atoms with Crippen LogP contribution in [0.1, 0.15) is 18.2 Å². The third-order valence-corrected chi connectivity index (χ3v) is 2.73. The maximum absolute atomic E-state index is 9.25. The van der Waals surface area contributed by atoms with Gasteiger partial charge in [-0.1, -0.05) is 6.92 Å². The Morgan fingerprint density at radius 2 is 2.06 bits per heavy atom. The molecule has 0 spiro atoms. The fourth-order valence-corrected chi connectivity index (χ4v) is 1.73. The molecule has 0 aliphatic heterocycles. The Hall–Kier alpha value is -1.17. The van der Waals surface area contributed by atoms with Gasteiger partial charge >= 0.3 is 0 Å². The normalized spacial score (nSPS) is 10.7. The van der Waals surface area contributed by atoms with Crippen LogP contribution in [-0.2, 0) is 17.8 Å². The molecule has 0 aromatic carbocycles. The number of pyridine rings is 1. The predicted octanol–water partition coefficient (Wildman–Crippen LogP) is 0.581. The zero-order valence-electron chi connectivity index (χ0n) is 11.1. The van der Waals surface area contributed by atoms with Crippen LogP contribution >= 0.6 is 0 Å². The Bertz CT molecular complexity index is 336. The summed E-state index contributed by atoms with van der Waals surface area (Å²) < 4.78 is 5.05. The van der Waals surface area contributed by atoms with E-state index in [-0.39, 0.29) is 13.2 Å². The number of aliphatic hydroxyl groups excluding tert-OH is 2. The summed E-state index contributed by atoms with van der Waals surface area (Å²) >= 11 is 0. The second kappa shape index (κ2) is 8.02. The van der Waals surface area contributed by atoms with Gasteiger partial charge in [0.1, 0.15) is 5.82 Å². The van der Waals surface area contributed by atoms with Gasteiger partial charge in [0.15, 0.2) is 0 Å². The van der Waals surface area contributed by atoms with Gasteiger partial charge in [-0.2, -0.15) is 0 Å². The number of aromatic nitrogens is 1. The summed E-state index contributed by atoms with van der Waals surface area (Å²) in [6, 6.07) is 3.75. The first-order valence-corrected chi connectivity index (χ1v) is 6.20. The van der Waals surface area contributed by atoms with Crippen molar-refractivity contribution in [3.05, 3.63) is 23.4 Å². The molecule has 0 saturated heterocycles. The second-order valence-electron chi connectivity index (χ2n) is 4.04. The van der Waals surface area contributed by atoms with Gasteiger partial charge in [-0.25, -0.2) is 4.98 Å². The molecule has 0 fully saturated rings. The highest BCUT2D eigenvalue weighted by molar-refractivity contribution is 5.42. The van der Waals surface area contributed by atoms with Crippen LogP contribution in [0.3, 0.4) is 0 Å². The highest BCUT2D eigenvalue weighted by atomic mass is 16.5. The molecule has 0 aliphatic carbocycles. The van der Waals surface area contributed by atoms with Crippen LogP contribution in [0.25, 0.3) is 0 Å². The molecular formula is C13H22N2O3. The Labute approximate surface area is 108 Å². The van der Waals surface area contributed by atoms with Crippen molar-refractivity contribution < 1.29 is 14.9 Å². The van der Waals surface area contributed by atoms with Crippen molar-refractivity contribution in [1.82, 2.24) is 4.98 Å².